The van der Waals surface area contributed by atoms with Crippen molar-refractivity contribution in [3.8, 4) is 11.6 Å². The van der Waals surface area contributed by atoms with Crippen LogP contribution >= 0.6 is 0 Å². The SMILES string of the molecule is C=CCN(C)[C@@H]1c2onc(OCc3ccccc3)c2C(=O)[C@@]2(O[Si](C)(C)C(C)(C)C)C(=O)C3=C(O)c4c(OCc5ccccc5)cnc(N(C)C)c4C[C@H]3C[C@@H]12. The Labute approximate surface area is 330 Å². The van der Waals surface area contributed by atoms with Gasteiger partial charge in [-0.25, -0.2) is 4.98 Å². The van der Waals surface area contributed by atoms with E-state index in [4.69, 9.17) is 23.4 Å². The summed E-state index contributed by atoms with van der Waals surface area (Å²) in [6.45, 7) is 15.1. The average Bonchev–Trinajstić information content (AvgIpc) is 3.58. The maximum atomic E-state index is 15.9. The molecule has 0 radical (unpaired) electrons. The zero-order valence-corrected chi connectivity index (χ0v) is 34.6. The molecular formula is C44H52N4O7Si. The van der Waals surface area contributed by atoms with Gasteiger partial charge in [0.05, 0.1) is 17.8 Å². The maximum absolute atomic E-state index is 15.9. The predicted molar refractivity (Wildman–Crippen MR) is 217 cm³/mol. The lowest BCUT2D eigenvalue weighted by molar-refractivity contribution is -0.140. The van der Waals surface area contributed by atoms with Gasteiger partial charge in [0, 0.05) is 37.7 Å². The highest BCUT2D eigenvalue weighted by molar-refractivity contribution is 6.74. The van der Waals surface area contributed by atoms with E-state index in [-0.39, 0.29) is 41.0 Å². The Morgan fingerprint density at radius 2 is 1.59 bits per heavy atom. The summed E-state index contributed by atoms with van der Waals surface area (Å²) in [4.78, 5) is 40.2. The standard InChI is InChI=1S/C44H52N4O7Si/c1-10-21-48(7)36-31-23-29-22-30-34(32(24-45-41(30)47(5)6)52-25-27-17-13-11-14-18-27)37(49)33(29)39(50)44(31,55-56(8,9)43(2,3)4)40(51)35-38(36)54-46-42(35)53-26-28-19-15-12-16-20-28/h10-20,24,29,31,36,49H,1,21-23,25-26H2,2-9H3/t29-,31-,36-,44-/m0/s1. The van der Waals surface area contributed by atoms with Crippen molar-refractivity contribution in [3.63, 3.8) is 0 Å². The fourth-order valence-corrected chi connectivity index (χ4v) is 9.73. The number of hydrogen-bond donors (Lipinski definition) is 1. The first-order valence-electron chi connectivity index (χ1n) is 19.2. The molecule has 0 bridgehead atoms. The molecule has 11 nitrogen and oxygen atoms in total. The number of pyridine rings is 1. The van der Waals surface area contributed by atoms with Gasteiger partial charge in [-0.2, -0.15) is 0 Å². The third-order valence-electron chi connectivity index (χ3n) is 12.0. The highest BCUT2D eigenvalue weighted by Gasteiger charge is 2.69. The summed E-state index contributed by atoms with van der Waals surface area (Å²) in [5.41, 5.74) is 1.22. The molecule has 2 aromatic carbocycles. The van der Waals surface area contributed by atoms with Gasteiger partial charge in [-0.15, -0.1) is 6.58 Å². The third-order valence-corrected chi connectivity index (χ3v) is 16.5. The van der Waals surface area contributed by atoms with E-state index < -0.39 is 43.4 Å². The number of carbonyl (C=O) groups excluding carboxylic acids is 2. The number of Topliss-reactive ketones (excluding diaryl/α,β-unsaturated/α-hetero) is 2. The Morgan fingerprint density at radius 3 is 2.18 bits per heavy atom. The second kappa shape index (κ2) is 14.8. The van der Waals surface area contributed by atoms with Crippen LogP contribution in [0, 0.1) is 11.8 Å². The van der Waals surface area contributed by atoms with E-state index in [2.05, 4.69) is 32.5 Å². The predicted octanol–water partition coefficient (Wildman–Crippen LogP) is 8.14. The highest BCUT2D eigenvalue weighted by Crippen LogP contribution is 2.59. The third kappa shape index (κ3) is 6.57. The molecule has 0 unspecified atom stereocenters. The molecule has 1 saturated carbocycles. The first-order chi connectivity index (χ1) is 26.6. The van der Waals surface area contributed by atoms with E-state index in [1.165, 1.54) is 0 Å². The minimum absolute atomic E-state index is 0.00271. The first-order valence-corrected chi connectivity index (χ1v) is 22.1. The van der Waals surface area contributed by atoms with Gasteiger partial charge >= 0.3 is 0 Å². The van der Waals surface area contributed by atoms with Gasteiger partial charge in [0.2, 0.25) is 11.6 Å². The fraction of sp³-hybridized carbons (Fsp3) is 0.409. The van der Waals surface area contributed by atoms with E-state index in [9.17, 15) is 5.11 Å². The van der Waals surface area contributed by atoms with Crippen LogP contribution in [0.25, 0.3) is 5.76 Å². The van der Waals surface area contributed by atoms with Crippen molar-refractivity contribution in [3.05, 3.63) is 119 Å². The number of rotatable bonds is 12. The first kappa shape index (κ1) is 39.2. The van der Waals surface area contributed by atoms with Crippen molar-refractivity contribution in [1.82, 2.24) is 15.0 Å². The molecule has 3 aliphatic rings. The van der Waals surface area contributed by atoms with Gasteiger partial charge in [-0.05, 0) is 60.2 Å². The lowest BCUT2D eigenvalue weighted by Crippen LogP contribution is -2.68. The molecule has 56 heavy (non-hydrogen) atoms. The van der Waals surface area contributed by atoms with Gasteiger partial charge in [0.25, 0.3) is 5.88 Å². The Balaban J connectivity index is 1.43. The fourth-order valence-electron chi connectivity index (χ4n) is 8.28. The average molecular weight is 777 g/mol. The van der Waals surface area contributed by atoms with Gasteiger partial charge in [0.1, 0.15) is 36.1 Å². The maximum Gasteiger partial charge on any atom is 0.265 e. The van der Waals surface area contributed by atoms with Crippen LogP contribution in [0.3, 0.4) is 0 Å². The Kier molecular flexibility index (Phi) is 10.4. The van der Waals surface area contributed by atoms with E-state index in [0.717, 1.165) is 16.7 Å². The van der Waals surface area contributed by atoms with E-state index in [1.54, 1.807) is 12.3 Å². The largest absolute Gasteiger partial charge is 0.507 e. The van der Waals surface area contributed by atoms with Crippen LogP contribution in [0.2, 0.25) is 18.1 Å². The number of nitrogens with zero attached hydrogens (tertiary/aromatic N) is 4. The molecular weight excluding hydrogens is 725 g/mol. The topological polar surface area (TPSA) is 127 Å². The number of aromatic nitrogens is 2. The molecule has 0 saturated heterocycles. The van der Waals surface area contributed by atoms with Crippen molar-refractivity contribution < 1.29 is 33.1 Å². The molecule has 294 valence electrons. The zero-order valence-electron chi connectivity index (χ0n) is 33.6. The molecule has 2 heterocycles. The van der Waals surface area contributed by atoms with Crippen molar-refractivity contribution >= 4 is 31.5 Å². The van der Waals surface area contributed by atoms with Crippen molar-refractivity contribution in [1.29, 1.82) is 0 Å². The van der Waals surface area contributed by atoms with Crippen LogP contribution in [0.5, 0.6) is 11.6 Å². The van der Waals surface area contributed by atoms with Crippen LogP contribution in [0.1, 0.15) is 71.6 Å². The second-order valence-electron chi connectivity index (χ2n) is 16.9. The van der Waals surface area contributed by atoms with Gasteiger partial charge in [-0.1, -0.05) is 87.5 Å². The van der Waals surface area contributed by atoms with Gasteiger partial charge in [-0.3, -0.25) is 14.5 Å². The number of likely N-dealkylation sites (N-methyl/N-ethyl adjacent to an activating group) is 1. The number of aliphatic hydroxyl groups is 1. The number of ether oxygens (including phenoxy) is 2. The van der Waals surface area contributed by atoms with Crippen molar-refractivity contribution in [2.45, 2.75) is 76.6 Å². The Bertz CT molecular complexity index is 2180. The Hall–Kier alpha value is -5.04. The Morgan fingerprint density at radius 1 is 0.964 bits per heavy atom. The summed E-state index contributed by atoms with van der Waals surface area (Å²) in [5.74, 6) is -1.15. The van der Waals surface area contributed by atoms with Crippen LogP contribution < -0.4 is 14.4 Å². The summed E-state index contributed by atoms with van der Waals surface area (Å²) in [6, 6.07) is 18.7. The monoisotopic (exact) mass is 776 g/mol. The molecule has 3 aliphatic carbocycles. The van der Waals surface area contributed by atoms with E-state index >= 15 is 9.59 Å². The number of aliphatic hydroxyl groups excluding tert-OH is 1. The lowest BCUT2D eigenvalue weighted by atomic mass is 9.57. The summed E-state index contributed by atoms with van der Waals surface area (Å²) < 4.78 is 26.0. The molecule has 0 spiro atoms. The molecule has 1 fully saturated rings. The molecule has 4 aromatic rings. The minimum Gasteiger partial charge on any atom is -0.507 e. The van der Waals surface area contributed by atoms with Crippen LogP contribution in [0.15, 0.2) is 89.6 Å². The van der Waals surface area contributed by atoms with Crippen molar-refractivity contribution in [2.24, 2.45) is 11.8 Å². The molecule has 2 aromatic heterocycles. The highest BCUT2D eigenvalue weighted by atomic mass is 28.4. The van der Waals surface area contributed by atoms with Gasteiger partial charge < -0.3 is 28.4 Å². The number of ketones is 2. The molecule has 12 heteroatoms. The lowest BCUT2D eigenvalue weighted by Gasteiger charge is -2.55. The van der Waals surface area contributed by atoms with Crippen LogP contribution in [-0.4, -0.2) is 73.3 Å². The number of carbonyl (C=O) groups is 2. The van der Waals surface area contributed by atoms with Crippen LogP contribution in [-0.2, 0) is 28.9 Å². The van der Waals surface area contributed by atoms with Crippen molar-refractivity contribution in [2.75, 3.05) is 32.6 Å². The second-order valence-corrected chi connectivity index (χ2v) is 21.6. The van der Waals surface area contributed by atoms with E-state index in [0.29, 0.717) is 42.3 Å². The summed E-state index contributed by atoms with van der Waals surface area (Å²) >= 11 is 0. The molecule has 0 aliphatic heterocycles. The van der Waals surface area contributed by atoms with Gasteiger partial charge in [0.15, 0.2) is 19.7 Å². The smallest absolute Gasteiger partial charge is 0.265 e. The van der Waals surface area contributed by atoms with E-state index in [1.807, 2.05) is 105 Å². The molecule has 7 rings (SSSR count). The molecule has 4 atom stereocenters. The quantitative estimate of drug-likeness (QED) is 0.0851. The number of hydrogen-bond acceptors (Lipinski definition) is 11. The number of benzene rings is 2. The summed E-state index contributed by atoms with van der Waals surface area (Å²) in [5, 5.41) is 16.5. The zero-order chi connectivity index (χ0) is 40.2. The number of fused-ring (bicyclic) bond motifs is 4. The van der Waals surface area contributed by atoms with Crippen LogP contribution in [0.4, 0.5) is 5.82 Å². The minimum atomic E-state index is -2.92. The summed E-state index contributed by atoms with van der Waals surface area (Å²) in [7, 11) is 2.80. The normalized spacial score (nSPS) is 21.9. The summed E-state index contributed by atoms with van der Waals surface area (Å²) in [6.07, 6.45) is 4.09. The number of anilines is 1. The molecule has 1 N–H and O–H groups in total. The molecule has 0 amide bonds.